The van der Waals surface area contributed by atoms with E-state index in [2.05, 4.69) is 17.9 Å². The summed E-state index contributed by atoms with van der Waals surface area (Å²) < 4.78 is 5.26. The third kappa shape index (κ3) is 15.7. The van der Waals surface area contributed by atoms with E-state index in [4.69, 9.17) is 14.9 Å². The highest BCUT2D eigenvalue weighted by atomic mass is 32.1. The smallest absolute Gasteiger partial charge is 0.320 e. The number of ether oxygens (including phenoxy) is 1. The standard InChI is InChI=1S/C18H32N2O8S/c21-15(13-28-9-5-2-6-10-29)19-8-4-1-3-7-14(18(26)27)20(11-16(22)23)12-17(24)25/h14,29H,1-13H2,(H,19,21)(H,22,23)(H,24,25)(H,26,27). The van der Waals surface area contributed by atoms with Gasteiger partial charge < -0.3 is 25.4 Å². The van der Waals surface area contributed by atoms with Crippen molar-refractivity contribution in [3.8, 4) is 0 Å². The van der Waals surface area contributed by atoms with E-state index in [1.807, 2.05) is 0 Å². The van der Waals surface area contributed by atoms with Crippen molar-refractivity contribution in [2.75, 3.05) is 38.6 Å². The first-order chi connectivity index (χ1) is 13.8. The maximum absolute atomic E-state index is 11.6. The average molecular weight is 437 g/mol. The van der Waals surface area contributed by atoms with Crippen LogP contribution in [0.1, 0.15) is 44.9 Å². The van der Waals surface area contributed by atoms with Gasteiger partial charge in [0.1, 0.15) is 12.6 Å². The van der Waals surface area contributed by atoms with Crippen LogP contribution in [0, 0.1) is 0 Å². The van der Waals surface area contributed by atoms with Crippen LogP contribution in [0.15, 0.2) is 0 Å². The van der Waals surface area contributed by atoms with Crippen molar-refractivity contribution in [1.82, 2.24) is 10.2 Å². The number of carbonyl (C=O) groups is 4. The fraction of sp³-hybridized carbons (Fsp3) is 0.778. The lowest BCUT2D eigenvalue weighted by Crippen LogP contribution is -2.46. The van der Waals surface area contributed by atoms with Gasteiger partial charge in [-0.05, 0) is 31.4 Å². The maximum Gasteiger partial charge on any atom is 0.320 e. The molecular formula is C18H32N2O8S. The van der Waals surface area contributed by atoms with Gasteiger partial charge in [0, 0.05) is 13.2 Å². The molecule has 1 amide bonds. The predicted molar refractivity (Wildman–Crippen MR) is 108 cm³/mol. The van der Waals surface area contributed by atoms with Crippen molar-refractivity contribution in [3.05, 3.63) is 0 Å². The van der Waals surface area contributed by atoms with Crippen molar-refractivity contribution >= 4 is 36.4 Å². The van der Waals surface area contributed by atoms with E-state index < -0.39 is 37.0 Å². The van der Waals surface area contributed by atoms with Crippen LogP contribution in [0.5, 0.6) is 0 Å². The SMILES string of the molecule is O=C(O)CN(CC(=O)O)C(CCCCCNC(=O)COCCCCCS)C(=O)O. The molecule has 0 bridgehead atoms. The van der Waals surface area contributed by atoms with Crippen LogP contribution in [0.4, 0.5) is 0 Å². The van der Waals surface area contributed by atoms with Gasteiger partial charge in [-0.2, -0.15) is 12.6 Å². The van der Waals surface area contributed by atoms with E-state index in [9.17, 15) is 24.3 Å². The number of nitrogens with one attached hydrogen (secondary N) is 1. The fourth-order valence-electron chi connectivity index (χ4n) is 2.66. The molecule has 168 valence electrons. The van der Waals surface area contributed by atoms with E-state index in [-0.39, 0.29) is 18.9 Å². The largest absolute Gasteiger partial charge is 0.480 e. The number of carboxylic acid groups (broad SMARTS) is 3. The van der Waals surface area contributed by atoms with Crippen LogP contribution in [0.2, 0.25) is 0 Å². The van der Waals surface area contributed by atoms with E-state index in [1.54, 1.807) is 0 Å². The molecule has 1 atom stereocenters. The molecule has 0 aliphatic heterocycles. The Bertz CT molecular complexity index is 502. The van der Waals surface area contributed by atoms with Gasteiger partial charge >= 0.3 is 17.9 Å². The normalized spacial score (nSPS) is 11.9. The van der Waals surface area contributed by atoms with Gasteiger partial charge in [0.15, 0.2) is 0 Å². The van der Waals surface area contributed by atoms with Crippen molar-refractivity contribution in [2.24, 2.45) is 0 Å². The quantitative estimate of drug-likeness (QED) is 0.145. The summed E-state index contributed by atoms with van der Waals surface area (Å²) in [6.07, 6.45) is 4.74. The highest BCUT2D eigenvalue weighted by Gasteiger charge is 2.28. The molecule has 0 heterocycles. The molecule has 0 aromatic heterocycles. The van der Waals surface area contributed by atoms with Gasteiger partial charge in [0.05, 0.1) is 13.1 Å². The van der Waals surface area contributed by atoms with Crippen LogP contribution in [0.25, 0.3) is 0 Å². The second-order valence-corrected chi connectivity index (χ2v) is 7.03. The Morgan fingerprint density at radius 1 is 0.897 bits per heavy atom. The number of hydrogen-bond donors (Lipinski definition) is 5. The number of unbranched alkanes of at least 4 members (excludes halogenated alkanes) is 4. The molecule has 0 radical (unpaired) electrons. The molecule has 0 aliphatic rings. The summed E-state index contributed by atoms with van der Waals surface area (Å²) >= 11 is 4.11. The second-order valence-electron chi connectivity index (χ2n) is 6.58. The van der Waals surface area contributed by atoms with Gasteiger partial charge in [-0.15, -0.1) is 0 Å². The van der Waals surface area contributed by atoms with E-state index >= 15 is 0 Å². The minimum absolute atomic E-state index is 0.00129. The van der Waals surface area contributed by atoms with Crippen molar-refractivity contribution < 1.29 is 39.2 Å². The lowest BCUT2D eigenvalue weighted by molar-refractivity contribution is -0.149. The molecule has 0 saturated carbocycles. The Hall–Kier alpha value is -1.85. The summed E-state index contributed by atoms with van der Waals surface area (Å²) in [5, 5.41) is 29.7. The summed E-state index contributed by atoms with van der Waals surface area (Å²) in [5.41, 5.74) is 0. The van der Waals surface area contributed by atoms with Crippen LogP contribution < -0.4 is 5.32 Å². The maximum atomic E-state index is 11.6. The summed E-state index contributed by atoms with van der Waals surface area (Å²) in [6, 6.07) is -1.19. The first-order valence-corrected chi connectivity index (χ1v) is 10.3. The van der Waals surface area contributed by atoms with E-state index in [0.29, 0.717) is 32.4 Å². The molecular weight excluding hydrogens is 404 g/mol. The Balaban J connectivity index is 4.03. The van der Waals surface area contributed by atoms with Crippen LogP contribution in [-0.2, 0) is 23.9 Å². The Morgan fingerprint density at radius 2 is 1.52 bits per heavy atom. The Kier molecular flexibility index (Phi) is 16.0. The number of rotatable bonds is 19. The number of aliphatic carboxylic acids is 3. The molecule has 0 saturated heterocycles. The van der Waals surface area contributed by atoms with Gasteiger partial charge in [0.25, 0.3) is 0 Å². The third-order valence-electron chi connectivity index (χ3n) is 4.06. The van der Waals surface area contributed by atoms with Gasteiger partial charge in [0.2, 0.25) is 5.91 Å². The summed E-state index contributed by atoms with van der Waals surface area (Å²) in [6.45, 7) is -0.363. The zero-order chi connectivity index (χ0) is 22.1. The number of amides is 1. The number of carbonyl (C=O) groups excluding carboxylic acids is 1. The molecule has 0 rings (SSSR count). The second kappa shape index (κ2) is 17.0. The third-order valence-corrected chi connectivity index (χ3v) is 4.38. The monoisotopic (exact) mass is 436 g/mol. The molecule has 10 nitrogen and oxygen atoms in total. The minimum atomic E-state index is -1.29. The summed E-state index contributed by atoms with van der Waals surface area (Å²) in [4.78, 5) is 45.6. The predicted octanol–water partition coefficient (Wildman–Crippen LogP) is 0.704. The van der Waals surface area contributed by atoms with Crippen molar-refractivity contribution in [3.63, 3.8) is 0 Å². The molecule has 0 aliphatic carbocycles. The number of nitrogens with zero attached hydrogens (tertiary/aromatic N) is 1. The first-order valence-electron chi connectivity index (χ1n) is 9.63. The van der Waals surface area contributed by atoms with E-state index in [0.717, 1.165) is 29.9 Å². The molecule has 0 aromatic carbocycles. The van der Waals surface area contributed by atoms with Crippen LogP contribution in [0.3, 0.4) is 0 Å². The van der Waals surface area contributed by atoms with Gasteiger partial charge in [-0.1, -0.05) is 19.3 Å². The average Bonchev–Trinajstić information content (AvgIpc) is 2.62. The molecule has 0 fully saturated rings. The molecule has 4 N–H and O–H groups in total. The molecule has 29 heavy (non-hydrogen) atoms. The minimum Gasteiger partial charge on any atom is -0.480 e. The number of carboxylic acids is 3. The fourth-order valence-corrected chi connectivity index (χ4v) is 2.89. The molecule has 11 heteroatoms. The van der Waals surface area contributed by atoms with Crippen LogP contribution in [-0.4, -0.2) is 88.7 Å². The van der Waals surface area contributed by atoms with Gasteiger partial charge in [-0.3, -0.25) is 24.1 Å². The first kappa shape index (κ1) is 27.1. The Morgan fingerprint density at radius 3 is 2.07 bits per heavy atom. The van der Waals surface area contributed by atoms with E-state index in [1.165, 1.54) is 0 Å². The number of hydrogen-bond acceptors (Lipinski definition) is 7. The zero-order valence-corrected chi connectivity index (χ0v) is 17.4. The molecule has 0 spiro atoms. The zero-order valence-electron chi connectivity index (χ0n) is 16.5. The topological polar surface area (TPSA) is 153 Å². The van der Waals surface area contributed by atoms with Crippen molar-refractivity contribution in [2.45, 2.75) is 51.0 Å². The summed E-state index contributed by atoms with van der Waals surface area (Å²) in [7, 11) is 0. The number of thiol groups is 1. The van der Waals surface area contributed by atoms with Gasteiger partial charge in [-0.25, -0.2) is 0 Å². The van der Waals surface area contributed by atoms with Crippen molar-refractivity contribution in [1.29, 1.82) is 0 Å². The highest BCUT2D eigenvalue weighted by molar-refractivity contribution is 7.80. The summed E-state index contributed by atoms with van der Waals surface area (Å²) in [5.74, 6) is -3.21. The molecule has 0 aromatic rings. The van der Waals surface area contributed by atoms with Crippen LogP contribution >= 0.6 is 12.6 Å². The molecule has 1 unspecified atom stereocenters. The lowest BCUT2D eigenvalue weighted by atomic mass is 10.1. The Labute approximate surface area is 176 Å². The highest BCUT2D eigenvalue weighted by Crippen LogP contribution is 2.11. The lowest BCUT2D eigenvalue weighted by Gasteiger charge is -2.25.